The fraction of sp³-hybridized carbons (Fsp3) is 0.138. The molecule has 4 rings (SSSR count). The Morgan fingerprint density at radius 1 is 0.889 bits per heavy atom. The third-order valence-electron chi connectivity index (χ3n) is 5.93. The van der Waals surface area contributed by atoms with Crippen molar-refractivity contribution in [1.82, 2.24) is 5.32 Å². The van der Waals surface area contributed by atoms with Gasteiger partial charge in [0.1, 0.15) is 5.75 Å². The molecular weight excluding hydrogens is 472 g/mol. The van der Waals surface area contributed by atoms with Crippen LogP contribution in [-0.4, -0.2) is 19.8 Å². The molecule has 0 radical (unpaired) electrons. The van der Waals surface area contributed by atoms with E-state index in [9.17, 15) is 18.7 Å². The SMILES string of the molecule is Cc1cc(C)c(N(c2cccc(CNC(=O)c3ccc(-c4ccc(O)cc4)cc3)c2)S(=O)[O-])c(C)c1. The van der Waals surface area contributed by atoms with Crippen LogP contribution in [-0.2, 0) is 17.8 Å². The van der Waals surface area contributed by atoms with E-state index in [0.717, 1.165) is 33.4 Å². The number of nitrogens with one attached hydrogen (secondary N) is 1. The molecule has 0 aliphatic carbocycles. The first-order valence-corrected chi connectivity index (χ1v) is 12.5. The number of nitrogens with zero attached hydrogens (tertiary/aromatic N) is 1. The molecule has 1 atom stereocenters. The molecule has 1 unspecified atom stereocenters. The summed E-state index contributed by atoms with van der Waals surface area (Å²) in [6, 6.07) is 25.1. The van der Waals surface area contributed by atoms with Crippen LogP contribution < -0.4 is 9.62 Å². The first kappa shape index (κ1) is 25.2. The minimum atomic E-state index is -2.52. The summed E-state index contributed by atoms with van der Waals surface area (Å²) < 4.78 is 25.8. The lowest BCUT2D eigenvalue weighted by molar-refractivity contribution is 0.0951. The van der Waals surface area contributed by atoms with E-state index in [1.807, 2.05) is 63.2 Å². The Labute approximate surface area is 213 Å². The first-order chi connectivity index (χ1) is 17.2. The number of phenols is 1. The summed E-state index contributed by atoms with van der Waals surface area (Å²) in [5.41, 5.74) is 7.10. The molecule has 1 amide bonds. The molecule has 7 heteroatoms. The predicted molar refractivity (Wildman–Crippen MR) is 143 cm³/mol. The normalized spacial score (nSPS) is 11.7. The Hall–Kier alpha value is -3.94. The molecule has 0 aliphatic rings. The average Bonchev–Trinajstić information content (AvgIpc) is 2.85. The monoisotopic (exact) mass is 499 g/mol. The Kier molecular flexibility index (Phi) is 7.52. The standard InChI is InChI=1S/C29H28N2O4S/c1-19-15-20(2)28(21(3)16-19)31(36(34)35)26-6-4-5-22(17-26)18-30-29(33)25-9-7-23(8-10-25)24-11-13-27(32)14-12-24/h4-17,32H,18H2,1-3H3,(H,30,33)(H,34,35)/p-1. The van der Waals surface area contributed by atoms with Crippen molar-refractivity contribution in [1.29, 1.82) is 0 Å². The molecule has 0 fully saturated rings. The number of benzene rings is 4. The molecule has 184 valence electrons. The van der Waals surface area contributed by atoms with Crippen molar-refractivity contribution in [2.75, 3.05) is 4.31 Å². The Bertz CT molecular complexity index is 1390. The number of carbonyl (C=O) groups excluding carboxylic acids is 1. The zero-order valence-electron chi connectivity index (χ0n) is 20.3. The minimum Gasteiger partial charge on any atom is -0.755 e. The summed E-state index contributed by atoms with van der Waals surface area (Å²) in [7, 11) is 0. The van der Waals surface area contributed by atoms with Crippen molar-refractivity contribution >= 4 is 28.5 Å². The fourth-order valence-corrected chi connectivity index (χ4v) is 5.05. The van der Waals surface area contributed by atoms with Crippen LogP contribution in [0.2, 0.25) is 0 Å². The third kappa shape index (κ3) is 5.64. The van der Waals surface area contributed by atoms with Crippen molar-refractivity contribution in [2.24, 2.45) is 0 Å². The molecule has 0 heterocycles. The zero-order chi connectivity index (χ0) is 25.8. The van der Waals surface area contributed by atoms with Gasteiger partial charge >= 0.3 is 0 Å². The van der Waals surface area contributed by atoms with Gasteiger partial charge in [0.05, 0.1) is 22.6 Å². The maximum atomic E-state index is 12.7. The number of phenolic OH excluding ortho intramolecular Hbond substituents is 1. The number of aromatic hydroxyl groups is 1. The van der Waals surface area contributed by atoms with Gasteiger partial charge in [0.2, 0.25) is 0 Å². The second kappa shape index (κ2) is 10.8. The van der Waals surface area contributed by atoms with Gasteiger partial charge in [0.25, 0.3) is 5.91 Å². The van der Waals surface area contributed by atoms with Crippen molar-refractivity contribution in [3.63, 3.8) is 0 Å². The summed E-state index contributed by atoms with van der Waals surface area (Å²) in [6.45, 7) is 6.02. The molecule has 0 saturated heterocycles. The lowest BCUT2D eigenvalue weighted by Crippen LogP contribution is -2.24. The first-order valence-electron chi connectivity index (χ1n) is 11.5. The van der Waals surface area contributed by atoms with E-state index < -0.39 is 11.3 Å². The molecule has 6 nitrogen and oxygen atoms in total. The summed E-state index contributed by atoms with van der Waals surface area (Å²) >= 11 is -2.52. The van der Waals surface area contributed by atoms with E-state index in [-0.39, 0.29) is 18.2 Å². The maximum Gasteiger partial charge on any atom is 0.251 e. The highest BCUT2D eigenvalue weighted by Crippen LogP contribution is 2.34. The molecular formula is C29H27N2O4S-. The molecule has 0 bridgehead atoms. The van der Waals surface area contributed by atoms with Crippen molar-refractivity contribution < 1.29 is 18.7 Å². The van der Waals surface area contributed by atoms with E-state index in [1.54, 1.807) is 42.5 Å². The van der Waals surface area contributed by atoms with Gasteiger partial charge < -0.3 is 15.0 Å². The maximum absolute atomic E-state index is 12.7. The van der Waals surface area contributed by atoms with Gasteiger partial charge in [-0.1, -0.05) is 54.1 Å². The Morgan fingerprint density at radius 2 is 1.47 bits per heavy atom. The van der Waals surface area contributed by atoms with E-state index in [0.29, 0.717) is 16.9 Å². The van der Waals surface area contributed by atoms with Gasteiger partial charge in [-0.3, -0.25) is 13.3 Å². The van der Waals surface area contributed by atoms with Gasteiger partial charge in [-0.2, -0.15) is 0 Å². The fourth-order valence-electron chi connectivity index (χ4n) is 4.33. The van der Waals surface area contributed by atoms with Gasteiger partial charge in [-0.25, -0.2) is 0 Å². The molecule has 0 spiro atoms. The second-order valence-corrected chi connectivity index (χ2v) is 9.53. The molecule has 0 aliphatic heterocycles. The lowest BCUT2D eigenvalue weighted by atomic mass is 10.0. The van der Waals surface area contributed by atoms with Crippen LogP contribution in [0.3, 0.4) is 0 Å². The summed E-state index contributed by atoms with van der Waals surface area (Å²) in [5, 5.41) is 12.4. The number of hydrogen-bond donors (Lipinski definition) is 2. The smallest absolute Gasteiger partial charge is 0.251 e. The van der Waals surface area contributed by atoms with Gasteiger partial charge in [-0.05, 0) is 85.0 Å². The largest absolute Gasteiger partial charge is 0.755 e. The van der Waals surface area contributed by atoms with Crippen LogP contribution in [0.1, 0.15) is 32.6 Å². The zero-order valence-corrected chi connectivity index (χ0v) is 21.1. The van der Waals surface area contributed by atoms with E-state index >= 15 is 0 Å². The highest BCUT2D eigenvalue weighted by atomic mass is 32.2. The second-order valence-electron chi connectivity index (χ2n) is 8.74. The highest BCUT2D eigenvalue weighted by molar-refractivity contribution is 7.81. The lowest BCUT2D eigenvalue weighted by Gasteiger charge is -2.30. The van der Waals surface area contributed by atoms with Crippen molar-refractivity contribution in [3.8, 4) is 16.9 Å². The Balaban J connectivity index is 1.49. The quantitative estimate of drug-likeness (QED) is 0.312. The summed E-state index contributed by atoms with van der Waals surface area (Å²) in [6.07, 6.45) is 0. The number of anilines is 2. The Morgan fingerprint density at radius 3 is 2.06 bits per heavy atom. The van der Waals surface area contributed by atoms with E-state index in [1.165, 1.54) is 4.31 Å². The van der Waals surface area contributed by atoms with Crippen LogP contribution in [0.15, 0.2) is 84.9 Å². The summed E-state index contributed by atoms with van der Waals surface area (Å²) in [4.78, 5) is 12.7. The van der Waals surface area contributed by atoms with Crippen LogP contribution >= 0.6 is 0 Å². The summed E-state index contributed by atoms with van der Waals surface area (Å²) in [5.74, 6) is -0.0281. The van der Waals surface area contributed by atoms with Crippen molar-refractivity contribution in [3.05, 3.63) is 113 Å². The molecule has 2 N–H and O–H groups in total. The van der Waals surface area contributed by atoms with Crippen LogP contribution in [0, 0.1) is 20.8 Å². The van der Waals surface area contributed by atoms with Crippen LogP contribution in [0.4, 0.5) is 11.4 Å². The molecule has 4 aromatic carbocycles. The highest BCUT2D eigenvalue weighted by Gasteiger charge is 2.16. The molecule has 36 heavy (non-hydrogen) atoms. The van der Waals surface area contributed by atoms with Crippen molar-refractivity contribution in [2.45, 2.75) is 27.3 Å². The predicted octanol–water partition coefficient (Wildman–Crippen LogP) is 5.85. The van der Waals surface area contributed by atoms with Crippen LogP contribution in [0.5, 0.6) is 5.75 Å². The van der Waals surface area contributed by atoms with Crippen LogP contribution in [0.25, 0.3) is 11.1 Å². The molecule has 0 saturated carbocycles. The number of amides is 1. The minimum absolute atomic E-state index is 0.201. The van der Waals surface area contributed by atoms with E-state index in [4.69, 9.17) is 0 Å². The van der Waals surface area contributed by atoms with Gasteiger partial charge in [-0.15, -0.1) is 0 Å². The number of aryl methyl sites for hydroxylation is 3. The average molecular weight is 500 g/mol. The number of rotatable bonds is 7. The molecule has 4 aromatic rings. The molecule has 0 aromatic heterocycles. The van der Waals surface area contributed by atoms with E-state index in [2.05, 4.69) is 5.32 Å². The topological polar surface area (TPSA) is 92.7 Å². The number of hydrogen-bond acceptors (Lipinski definition) is 4. The van der Waals surface area contributed by atoms with Gasteiger partial charge in [0, 0.05) is 12.1 Å². The van der Waals surface area contributed by atoms with Gasteiger partial charge in [0.15, 0.2) is 0 Å². The number of carbonyl (C=O) groups is 1. The third-order valence-corrected chi connectivity index (χ3v) is 6.62.